The lowest BCUT2D eigenvalue weighted by Gasteiger charge is -2.59. The van der Waals surface area contributed by atoms with Crippen molar-refractivity contribution < 1.29 is 9.47 Å². The van der Waals surface area contributed by atoms with E-state index in [-0.39, 0.29) is 0 Å². The molecule has 4 saturated carbocycles. The largest absolute Gasteiger partial charge is 0.490 e. The van der Waals surface area contributed by atoms with Crippen LogP contribution in [0.5, 0.6) is 11.5 Å². The quantitative estimate of drug-likeness (QED) is 0.547. The van der Waals surface area contributed by atoms with E-state index in [4.69, 9.17) is 9.47 Å². The molecule has 0 aromatic heterocycles. The lowest BCUT2D eigenvalue weighted by atomic mass is 9.48. The Morgan fingerprint density at radius 2 is 1.63 bits per heavy atom. The summed E-state index contributed by atoms with van der Waals surface area (Å²) in [5.74, 6) is 4.67. The fourth-order valence-electron chi connectivity index (χ4n) is 6.47. The Kier molecular flexibility index (Phi) is 5.76. The van der Waals surface area contributed by atoms with Gasteiger partial charge in [-0.05, 0) is 116 Å². The molecule has 4 aliphatic carbocycles. The number of benzene rings is 1. The van der Waals surface area contributed by atoms with Gasteiger partial charge in [-0.15, -0.1) is 0 Å². The standard InChI is InChI=1S/C23H34BrNO2/c1-4-26-21-10-19(9-20(24)22(21)27-5-2)14-25-15(3)23-11-16-6-17(12-23)8-18(7-16)13-23/h9-10,15-18,25H,4-8,11-14H2,1-3H3/t15-,16?,17?,18?,23?/m0/s1. The van der Waals surface area contributed by atoms with Crippen LogP contribution in [0.3, 0.4) is 0 Å². The Balaban J connectivity index is 1.45. The van der Waals surface area contributed by atoms with Crippen LogP contribution in [0, 0.1) is 23.2 Å². The number of halogens is 1. The lowest BCUT2D eigenvalue weighted by molar-refractivity contribution is -0.0706. The molecule has 1 atom stereocenters. The highest BCUT2D eigenvalue weighted by Gasteiger charge is 2.52. The maximum absolute atomic E-state index is 5.84. The maximum Gasteiger partial charge on any atom is 0.175 e. The minimum Gasteiger partial charge on any atom is -0.490 e. The first kappa shape index (κ1) is 19.6. The second-order valence-corrected chi connectivity index (χ2v) is 10.0. The van der Waals surface area contributed by atoms with E-state index in [1.54, 1.807) is 0 Å². The Morgan fingerprint density at radius 1 is 1.04 bits per heavy atom. The van der Waals surface area contributed by atoms with Gasteiger partial charge in [-0.1, -0.05) is 0 Å². The first-order chi connectivity index (χ1) is 13.0. The van der Waals surface area contributed by atoms with Gasteiger partial charge in [0.1, 0.15) is 0 Å². The van der Waals surface area contributed by atoms with Crippen LogP contribution >= 0.6 is 15.9 Å². The second kappa shape index (κ2) is 7.94. The molecule has 150 valence electrons. The molecule has 4 aliphatic rings. The fraction of sp³-hybridized carbons (Fsp3) is 0.739. The average Bonchev–Trinajstić information content (AvgIpc) is 2.61. The molecule has 4 fully saturated rings. The molecule has 4 bridgehead atoms. The molecule has 3 nitrogen and oxygen atoms in total. The zero-order chi connectivity index (χ0) is 19.0. The van der Waals surface area contributed by atoms with Crippen LogP contribution in [0.2, 0.25) is 0 Å². The predicted molar refractivity (Wildman–Crippen MR) is 113 cm³/mol. The first-order valence-corrected chi connectivity index (χ1v) is 11.6. The summed E-state index contributed by atoms with van der Waals surface area (Å²) in [7, 11) is 0. The van der Waals surface area contributed by atoms with E-state index in [1.165, 1.54) is 44.1 Å². The summed E-state index contributed by atoms with van der Waals surface area (Å²) in [6.45, 7) is 8.62. The van der Waals surface area contributed by atoms with Crippen molar-refractivity contribution >= 4 is 15.9 Å². The smallest absolute Gasteiger partial charge is 0.175 e. The van der Waals surface area contributed by atoms with E-state index >= 15 is 0 Å². The van der Waals surface area contributed by atoms with Crippen LogP contribution in [0.15, 0.2) is 16.6 Å². The molecule has 0 heterocycles. The predicted octanol–water partition coefficient (Wildman–Crippen LogP) is 5.94. The first-order valence-electron chi connectivity index (χ1n) is 10.8. The van der Waals surface area contributed by atoms with Crippen LogP contribution in [0.25, 0.3) is 0 Å². The molecule has 1 N–H and O–H groups in total. The number of rotatable bonds is 8. The lowest BCUT2D eigenvalue weighted by Crippen LogP contribution is -2.54. The molecule has 4 heteroatoms. The van der Waals surface area contributed by atoms with Crippen LogP contribution in [-0.2, 0) is 6.54 Å². The minimum absolute atomic E-state index is 0.542. The summed E-state index contributed by atoms with van der Waals surface area (Å²) in [5.41, 5.74) is 1.80. The molecule has 1 aromatic rings. The summed E-state index contributed by atoms with van der Waals surface area (Å²) in [5, 5.41) is 3.89. The van der Waals surface area contributed by atoms with Crippen molar-refractivity contribution in [2.75, 3.05) is 13.2 Å². The number of nitrogens with one attached hydrogen (secondary N) is 1. The van der Waals surface area contributed by atoms with Gasteiger partial charge in [0.15, 0.2) is 11.5 Å². The van der Waals surface area contributed by atoms with E-state index in [0.29, 0.717) is 24.7 Å². The monoisotopic (exact) mass is 435 g/mol. The molecule has 1 aromatic carbocycles. The SMILES string of the molecule is CCOc1cc(CN[C@@H](C)C23CC4CC(CC(C4)C2)C3)cc(Br)c1OCC. The molecule has 0 radical (unpaired) electrons. The van der Waals surface area contributed by atoms with Gasteiger partial charge in [0, 0.05) is 12.6 Å². The van der Waals surface area contributed by atoms with Crippen molar-refractivity contribution in [2.24, 2.45) is 23.2 Å². The third kappa shape index (κ3) is 3.89. The average molecular weight is 436 g/mol. The number of hydrogen-bond acceptors (Lipinski definition) is 3. The van der Waals surface area contributed by atoms with Gasteiger partial charge in [0.05, 0.1) is 17.7 Å². The van der Waals surface area contributed by atoms with E-state index in [1.807, 2.05) is 13.8 Å². The highest BCUT2D eigenvalue weighted by Crippen LogP contribution is 2.61. The van der Waals surface area contributed by atoms with Crippen LogP contribution in [-0.4, -0.2) is 19.3 Å². The number of hydrogen-bond donors (Lipinski definition) is 1. The molecule has 27 heavy (non-hydrogen) atoms. The van der Waals surface area contributed by atoms with Crippen molar-refractivity contribution in [1.82, 2.24) is 5.32 Å². The summed E-state index contributed by atoms with van der Waals surface area (Å²) in [4.78, 5) is 0. The second-order valence-electron chi connectivity index (χ2n) is 9.15. The number of ether oxygens (including phenoxy) is 2. The Hall–Kier alpha value is -0.740. The maximum atomic E-state index is 5.84. The van der Waals surface area contributed by atoms with E-state index in [9.17, 15) is 0 Å². The van der Waals surface area contributed by atoms with Crippen molar-refractivity contribution in [3.8, 4) is 11.5 Å². The van der Waals surface area contributed by atoms with Crippen LogP contribution < -0.4 is 14.8 Å². The van der Waals surface area contributed by atoms with Gasteiger partial charge >= 0.3 is 0 Å². The third-order valence-corrected chi connectivity index (χ3v) is 7.86. The highest BCUT2D eigenvalue weighted by atomic mass is 79.9. The van der Waals surface area contributed by atoms with Gasteiger partial charge in [-0.2, -0.15) is 0 Å². The van der Waals surface area contributed by atoms with E-state index in [0.717, 1.165) is 40.3 Å². The highest BCUT2D eigenvalue weighted by molar-refractivity contribution is 9.10. The minimum atomic E-state index is 0.542. The molecule has 0 amide bonds. The van der Waals surface area contributed by atoms with Crippen LogP contribution in [0.4, 0.5) is 0 Å². The normalized spacial score (nSPS) is 32.5. The summed E-state index contributed by atoms with van der Waals surface area (Å²) in [6, 6.07) is 4.89. The van der Waals surface area contributed by atoms with Gasteiger partial charge in [-0.25, -0.2) is 0 Å². The molecule has 0 unspecified atom stereocenters. The molecule has 0 saturated heterocycles. The summed E-state index contributed by atoms with van der Waals surface area (Å²) >= 11 is 3.67. The van der Waals surface area contributed by atoms with E-state index in [2.05, 4.69) is 40.3 Å². The van der Waals surface area contributed by atoms with Gasteiger partial charge in [-0.3, -0.25) is 0 Å². The Bertz CT molecular complexity index is 639. The molecule has 0 spiro atoms. The van der Waals surface area contributed by atoms with Crippen molar-refractivity contribution in [3.63, 3.8) is 0 Å². The fourth-order valence-corrected chi connectivity index (χ4v) is 7.07. The molecule has 5 rings (SSSR count). The topological polar surface area (TPSA) is 30.5 Å². The van der Waals surface area contributed by atoms with E-state index < -0.39 is 0 Å². The van der Waals surface area contributed by atoms with Crippen molar-refractivity contribution in [1.29, 1.82) is 0 Å². The Morgan fingerprint density at radius 3 is 2.19 bits per heavy atom. The molecular formula is C23H34BrNO2. The van der Waals surface area contributed by atoms with Gasteiger partial charge in [0.2, 0.25) is 0 Å². The zero-order valence-electron chi connectivity index (χ0n) is 17.0. The van der Waals surface area contributed by atoms with Crippen LogP contribution in [0.1, 0.15) is 64.9 Å². The third-order valence-electron chi connectivity index (χ3n) is 7.27. The van der Waals surface area contributed by atoms with Crippen molar-refractivity contribution in [2.45, 2.75) is 71.9 Å². The summed E-state index contributed by atoms with van der Waals surface area (Å²) in [6.07, 6.45) is 8.87. The summed E-state index contributed by atoms with van der Waals surface area (Å²) < 4.78 is 12.6. The molecular weight excluding hydrogens is 402 g/mol. The zero-order valence-corrected chi connectivity index (χ0v) is 18.6. The molecule has 0 aliphatic heterocycles. The van der Waals surface area contributed by atoms with Gasteiger partial charge < -0.3 is 14.8 Å². The van der Waals surface area contributed by atoms with Crippen molar-refractivity contribution in [3.05, 3.63) is 22.2 Å². The Labute approximate surface area is 172 Å². The van der Waals surface area contributed by atoms with Gasteiger partial charge in [0.25, 0.3) is 0 Å².